The summed E-state index contributed by atoms with van der Waals surface area (Å²) in [6, 6.07) is 18.5. The maximum absolute atomic E-state index is 13.0. The van der Waals surface area contributed by atoms with E-state index in [-0.39, 0.29) is 17.9 Å². The molecular weight excluding hydrogens is 352 g/mol. The van der Waals surface area contributed by atoms with Crippen LogP contribution < -0.4 is 5.32 Å². The van der Waals surface area contributed by atoms with E-state index in [4.69, 9.17) is 4.74 Å². The van der Waals surface area contributed by atoms with Crippen LogP contribution in [0.3, 0.4) is 0 Å². The van der Waals surface area contributed by atoms with Crippen molar-refractivity contribution < 1.29 is 14.3 Å². The van der Waals surface area contributed by atoms with E-state index in [2.05, 4.69) is 5.32 Å². The molecule has 0 fully saturated rings. The minimum Gasteiger partial charge on any atom is -0.379 e. The van der Waals surface area contributed by atoms with Crippen LogP contribution in [0.4, 0.5) is 0 Å². The summed E-state index contributed by atoms with van der Waals surface area (Å²) in [4.78, 5) is 27.1. The third-order valence-electron chi connectivity index (χ3n) is 4.35. The summed E-state index contributed by atoms with van der Waals surface area (Å²) < 4.78 is 5.52. The SMILES string of the molecule is CC(=O)N(Cc1ccccc1)[C@@H](C(=O)NCCCOC(C)C)c1ccccc1. The first kappa shape index (κ1) is 21.6. The molecule has 5 heteroatoms. The lowest BCUT2D eigenvalue weighted by Crippen LogP contribution is -2.43. The van der Waals surface area contributed by atoms with E-state index in [1.807, 2.05) is 74.5 Å². The highest BCUT2D eigenvalue weighted by molar-refractivity contribution is 5.88. The molecule has 2 amide bonds. The summed E-state index contributed by atoms with van der Waals surface area (Å²) in [5, 5.41) is 2.96. The molecule has 0 spiro atoms. The highest BCUT2D eigenvalue weighted by atomic mass is 16.5. The Labute approximate surface area is 167 Å². The summed E-state index contributed by atoms with van der Waals surface area (Å²) in [6.07, 6.45) is 0.899. The fourth-order valence-corrected chi connectivity index (χ4v) is 2.97. The first-order valence-corrected chi connectivity index (χ1v) is 9.74. The highest BCUT2D eigenvalue weighted by Crippen LogP contribution is 2.23. The van der Waals surface area contributed by atoms with Gasteiger partial charge in [-0.1, -0.05) is 60.7 Å². The number of hydrogen-bond acceptors (Lipinski definition) is 3. The minimum absolute atomic E-state index is 0.143. The summed E-state index contributed by atoms with van der Waals surface area (Å²) in [5.74, 6) is -0.321. The molecule has 0 saturated carbocycles. The van der Waals surface area contributed by atoms with Crippen LogP contribution in [0.2, 0.25) is 0 Å². The minimum atomic E-state index is -0.676. The third-order valence-corrected chi connectivity index (χ3v) is 4.35. The topological polar surface area (TPSA) is 58.6 Å². The second-order valence-electron chi connectivity index (χ2n) is 7.01. The lowest BCUT2D eigenvalue weighted by molar-refractivity contribution is -0.140. The predicted octanol–water partition coefficient (Wildman–Crippen LogP) is 3.71. The van der Waals surface area contributed by atoms with Crippen molar-refractivity contribution in [2.75, 3.05) is 13.2 Å². The Kier molecular flexibility index (Phi) is 8.69. The predicted molar refractivity (Wildman–Crippen MR) is 111 cm³/mol. The second-order valence-corrected chi connectivity index (χ2v) is 7.01. The lowest BCUT2D eigenvalue weighted by Gasteiger charge is -2.30. The number of carbonyl (C=O) groups is 2. The van der Waals surface area contributed by atoms with Crippen molar-refractivity contribution in [2.24, 2.45) is 0 Å². The fourth-order valence-electron chi connectivity index (χ4n) is 2.97. The molecule has 0 aromatic heterocycles. The number of hydrogen-bond donors (Lipinski definition) is 1. The van der Waals surface area contributed by atoms with Crippen LogP contribution in [-0.4, -0.2) is 36.0 Å². The molecule has 5 nitrogen and oxygen atoms in total. The summed E-state index contributed by atoms with van der Waals surface area (Å²) in [5.41, 5.74) is 1.78. The first-order chi connectivity index (χ1) is 13.5. The number of nitrogens with zero attached hydrogens (tertiary/aromatic N) is 1. The van der Waals surface area contributed by atoms with Crippen molar-refractivity contribution in [3.8, 4) is 0 Å². The van der Waals surface area contributed by atoms with E-state index in [0.717, 1.165) is 17.5 Å². The van der Waals surface area contributed by atoms with Crippen LogP contribution in [0.1, 0.15) is 44.4 Å². The molecule has 0 radical (unpaired) electrons. The monoisotopic (exact) mass is 382 g/mol. The molecule has 28 heavy (non-hydrogen) atoms. The molecule has 2 aromatic carbocycles. The van der Waals surface area contributed by atoms with Crippen LogP contribution in [-0.2, 0) is 20.9 Å². The van der Waals surface area contributed by atoms with E-state index in [0.29, 0.717) is 19.7 Å². The summed E-state index contributed by atoms with van der Waals surface area (Å²) in [7, 11) is 0. The van der Waals surface area contributed by atoms with E-state index in [1.165, 1.54) is 6.92 Å². The zero-order valence-corrected chi connectivity index (χ0v) is 16.9. The molecule has 0 heterocycles. The molecular formula is C23H30N2O3. The van der Waals surface area contributed by atoms with E-state index in [1.54, 1.807) is 4.90 Å². The summed E-state index contributed by atoms with van der Waals surface area (Å²) in [6.45, 7) is 6.94. The van der Waals surface area contributed by atoms with Gasteiger partial charge in [-0.15, -0.1) is 0 Å². The van der Waals surface area contributed by atoms with Crippen molar-refractivity contribution in [1.82, 2.24) is 10.2 Å². The molecule has 2 aromatic rings. The van der Waals surface area contributed by atoms with E-state index < -0.39 is 6.04 Å². The normalized spacial score (nSPS) is 11.9. The largest absolute Gasteiger partial charge is 0.379 e. The van der Waals surface area contributed by atoms with Gasteiger partial charge in [0.05, 0.1) is 6.10 Å². The standard InChI is InChI=1S/C23H30N2O3/c1-18(2)28-16-10-15-24-23(27)22(21-13-8-5-9-14-21)25(19(3)26)17-20-11-6-4-7-12-20/h4-9,11-14,18,22H,10,15-17H2,1-3H3,(H,24,27)/t22-/m1/s1. The van der Waals surface area contributed by atoms with E-state index >= 15 is 0 Å². The highest BCUT2D eigenvalue weighted by Gasteiger charge is 2.29. The Hall–Kier alpha value is -2.66. The second kappa shape index (κ2) is 11.2. The van der Waals surface area contributed by atoms with Gasteiger partial charge in [0.25, 0.3) is 0 Å². The first-order valence-electron chi connectivity index (χ1n) is 9.74. The number of ether oxygens (including phenoxy) is 1. The molecule has 0 aliphatic carbocycles. The smallest absolute Gasteiger partial charge is 0.247 e. The Morgan fingerprint density at radius 1 is 1.00 bits per heavy atom. The number of benzene rings is 2. The molecule has 0 unspecified atom stereocenters. The fraction of sp³-hybridized carbons (Fsp3) is 0.391. The quantitative estimate of drug-likeness (QED) is 0.637. The molecule has 0 bridgehead atoms. The average Bonchev–Trinajstić information content (AvgIpc) is 2.68. The van der Waals surface area contributed by atoms with Gasteiger partial charge >= 0.3 is 0 Å². The van der Waals surface area contributed by atoms with Gasteiger partial charge < -0.3 is 15.0 Å². The maximum atomic E-state index is 13.0. The van der Waals surface area contributed by atoms with Crippen molar-refractivity contribution in [1.29, 1.82) is 0 Å². The van der Waals surface area contributed by atoms with Gasteiger partial charge in [0, 0.05) is 26.6 Å². The van der Waals surface area contributed by atoms with Gasteiger partial charge in [-0.2, -0.15) is 0 Å². The Bertz CT molecular complexity index is 732. The van der Waals surface area contributed by atoms with Crippen LogP contribution >= 0.6 is 0 Å². The van der Waals surface area contributed by atoms with Crippen molar-refractivity contribution >= 4 is 11.8 Å². The number of nitrogens with one attached hydrogen (secondary N) is 1. The zero-order chi connectivity index (χ0) is 20.4. The number of rotatable bonds is 10. The van der Waals surface area contributed by atoms with Gasteiger partial charge in [0.2, 0.25) is 11.8 Å². The molecule has 1 atom stereocenters. The van der Waals surface area contributed by atoms with Gasteiger partial charge in [0.15, 0.2) is 0 Å². The Morgan fingerprint density at radius 3 is 2.18 bits per heavy atom. The molecule has 0 saturated heterocycles. The van der Waals surface area contributed by atoms with Crippen LogP contribution in [0.5, 0.6) is 0 Å². The molecule has 0 aliphatic heterocycles. The van der Waals surface area contributed by atoms with E-state index in [9.17, 15) is 9.59 Å². The molecule has 1 N–H and O–H groups in total. The summed E-state index contributed by atoms with van der Waals surface area (Å²) >= 11 is 0. The molecule has 0 aliphatic rings. The van der Waals surface area contributed by atoms with Crippen molar-refractivity contribution in [3.63, 3.8) is 0 Å². The van der Waals surface area contributed by atoms with Gasteiger partial charge in [-0.05, 0) is 31.4 Å². The third kappa shape index (κ3) is 6.82. The number of carbonyl (C=O) groups excluding carboxylic acids is 2. The van der Waals surface area contributed by atoms with Crippen LogP contribution in [0.25, 0.3) is 0 Å². The van der Waals surface area contributed by atoms with Crippen LogP contribution in [0, 0.1) is 0 Å². The van der Waals surface area contributed by atoms with Gasteiger partial charge in [0.1, 0.15) is 6.04 Å². The Balaban J connectivity index is 2.15. The van der Waals surface area contributed by atoms with Crippen molar-refractivity contribution in [3.05, 3.63) is 71.8 Å². The lowest BCUT2D eigenvalue weighted by atomic mass is 10.0. The Morgan fingerprint density at radius 2 is 1.61 bits per heavy atom. The molecule has 2 rings (SSSR count). The molecule has 150 valence electrons. The van der Waals surface area contributed by atoms with Gasteiger partial charge in [-0.3, -0.25) is 9.59 Å². The zero-order valence-electron chi connectivity index (χ0n) is 16.9. The maximum Gasteiger partial charge on any atom is 0.247 e. The van der Waals surface area contributed by atoms with Crippen LogP contribution in [0.15, 0.2) is 60.7 Å². The van der Waals surface area contributed by atoms with Crippen molar-refractivity contribution in [2.45, 2.75) is 45.9 Å². The number of amides is 2. The van der Waals surface area contributed by atoms with Gasteiger partial charge in [-0.25, -0.2) is 0 Å². The average molecular weight is 383 g/mol.